The Kier molecular flexibility index (Phi) is 8.81. The van der Waals surface area contributed by atoms with Crippen molar-refractivity contribution in [2.75, 3.05) is 36.0 Å². The van der Waals surface area contributed by atoms with E-state index in [-0.39, 0.29) is 28.8 Å². The van der Waals surface area contributed by atoms with Crippen LogP contribution in [0.15, 0.2) is 30.5 Å². The molecule has 0 aliphatic carbocycles. The van der Waals surface area contributed by atoms with E-state index in [0.29, 0.717) is 12.0 Å². The van der Waals surface area contributed by atoms with E-state index in [1.807, 2.05) is 0 Å². The van der Waals surface area contributed by atoms with E-state index in [2.05, 4.69) is 16.8 Å². The minimum Gasteiger partial charge on any atom is -0.493 e. The molecule has 7 nitrogen and oxygen atoms in total. The van der Waals surface area contributed by atoms with Gasteiger partial charge in [-0.2, -0.15) is 18.4 Å². The third-order valence-corrected chi connectivity index (χ3v) is 8.21. The minimum atomic E-state index is -4.90. The predicted octanol–water partition coefficient (Wildman–Crippen LogP) is 6.50. The molecule has 3 heterocycles. The van der Waals surface area contributed by atoms with Gasteiger partial charge in [0.25, 0.3) is 11.8 Å². The third kappa shape index (κ3) is 6.20. The van der Waals surface area contributed by atoms with E-state index in [9.17, 15) is 26.7 Å². The molecule has 0 unspecified atom stereocenters. The highest BCUT2D eigenvalue weighted by molar-refractivity contribution is 7.81. The van der Waals surface area contributed by atoms with Crippen LogP contribution in [0.2, 0.25) is 0 Å². The fourth-order valence-corrected chi connectivity index (χ4v) is 5.91. The summed E-state index contributed by atoms with van der Waals surface area (Å²) in [6.45, 7) is 9.12. The lowest BCUT2D eigenvalue weighted by Gasteiger charge is -2.31. The molecule has 0 radical (unpaired) electrons. The number of ether oxygens (including phenoxy) is 1. The molecule has 0 spiro atoms. The molecule has 1 amide bonds. The van der Waals surface area contributed by atoms with Gasteiger partial charge in [-0.05, 0) is 95.1 Å². The van der Waals surface area contributed by atoms with Crippen LogP contribution in [0.1, 0.15) is 63.8 Å². The van der Waals surface area contributed by atoms with Crippen LogP contribution >= 0.6 is 12.2 Å². The van der Waals surface area contributed by atoms with Crippen LogP contribution in [0.3, 0.4) is 0 Å². The third-order valence-electron chi connectivity index (χ3n) is 7.84. The van der Waals surface area contributed by atoms with Gasteiger partial charge < -0.3 is 14.5 Å². The Morgan fingerprint density at radius 1 is 1.12 bits per heavy atom. The second kappa shape index (κ2) is 11.7. The number of halogens is 5. The normalized spacial score (nSPS) is 18.5. The molecule has 2 aliphatic rings. The molecule has 2 aliphatic heterocycles. The highest BCUT2D eigenvalue weighted by Crippen LogP contribution is 2.42. The molecule has 0 bridgehead atoms. The number of rotatable bonds is 8. The summed E-state index contributed by atoms with van der Waals surface area (Å²) < 4.78 is 76.2. The molecule has 42 heavy (non-hydrogen) atoms. The molecule has 0 saturated carbocycles. The minimum absolute atomic E-state index is 0.00876. The van der Waals surface area contributed by atoms with Crippen molar-refractivity contribution in [3.8, 4) is 11.8 Å². The average molecular weight is 610 g/mol. The van der Waals surface area contributed by atoms with Crippen LogP contribution in [0.5, 0.6) is 5.75 Å². The van der Waals surface area contributed by atoms with Gasteiger partial charge in [0, 0.05) is 12.6 Å². The van der Waals surface area contributed by atoms with Gasteiger partial charge in [0.1, 0.15) is 17.4 Å². The largest absolute Gasteiger partial charge is 0.493 e. The lowest BCUT2D eigenvalue weighted by Crippen LogP contribution is -2.44. The second-order valence-electron chi connectivity index (χ2n) is 11.1. The molecule has 4 rings (SSSR count). The maximum Gasteiger partial charge on any atom is 0.419 e. The number of hydrogen-bond acceptors (Lipinski definition) is 6. The molecule has 1 aromatic heterocycles. The zero-order chi connectivity index (χ0) is 31.0. The van der Waals surface area contributed by atoms with Crippen molar-refractivity contribution in [3.63, 3.8) is 0 Å². The number of pyridine rings is 1. The monoisotopic (exact) mass is 609 g/mol. The summed E-state index contributed by atoms with van der Waals surface area (Å²) in [5.41, 5.74) is -4.16. The number of benzene rings is 1. The van der Waals surface area contributed by atoms with E-state index < -0.39 is 40.4 Å². The summed E-state index contributed by atoms with van der Waals surface area (Å²) >= 11 is 5.51. The molecule has 1 aromatic carbocycles. The first-order chi connectivity index (χ1) is 19.6. The summed E-state index contributed by atoms with van der Waals surface area (Å²) in [5.74, 6) is -3.53. The van der Waals surface area contributed by atoms with Crippen molar-refractivity contribution < 1.29 is 31.5 Å². The molecule has 2 aromatic rings. The Balaban J connectivity index is 1.61. The fourth-order valence-electron chi connectivity index (χ4n) is 5.39. The molecule has 0 N–H and O–H groups in total. The van der Waals surface area contributed by atoms with E-state index in [1.165, 1.54) is 43.0 Å². The van der Waals surface area contributed by atoms with Gasteiger partial charge in [-0.3, -0.25) is 9.69 Å². The Labute approximate surface area is 246 Å². The number of likely N-dealkylation sites (tertiary alicyclic amines) is 1. The van der Waals surface area contributed by atoms with Gasteiger partial charge in [0.15, 0.2) is 10.8 Å². The van der Waals surface area contributed by atoms with E-state index in [4.69, 9.17) is 22.2 Å². The van der Waals surface area contributed by atoms with E-state index in [0.717, 1.165) is 56.9 Å². The summed E-state index contributed by atoms with van der Waals surface area (Å²) in [7, 11) is 0. The molecular weight excluding hydrogens is 577 g/mol. The number of nitrogens with zero attached hydrogens (tertiary/aromatic N) is 5. The summed E-state index contributed by atoms with van der Waals surface area (Å²) in [5, 5.41) is 8.85. The summed E-state index contributed by atoms with van der Waals surface area (Å²) in [6, 6.07) is 6.11. The van der Waals surface area contributed by atoms with Crippen molar-refractivity contribution in [2.45, 2.75) is 64.6 Å². The number of thiocarbonyl (C=S) groups is 1. The van der Waals surface area contributed by atoms with Crippen molar-refractivity contribution in [1.29, 1.82) is 5.26 Å². The number of nitriles is 1. The zero-order valence-electron chi connectivity index (χ0n) is 23.8. The van der Waals surface area contributed by atoms with E-state index >= 15 is 0 Å². The molecule has 226 valence electrons. The number of carbonyl (C=O) groups is 1. The van der Waals surface area contributed by atoms with Crippen LogP contribution in [0.25, 0.3) is 0 Å². The average Bonchev–Trinajstić information content (AvgIpc) is 3.10. The molecule has 2 saturated heterocycles. The first kappa shape index (κ1) is 31.6. The Bertz CT molecular complexity index is 1390. The number of piperidine rings is 1. The Hall–Kier alpha value is -3.37. The number of alkyl halides is 5. The van der Waals surface area contributed by atoms with Gasteiger partial charge >= 0.3 is 6.18 Å². The lowest BCUT2D eigenvalue weighted by molar-refractivity contribution is -0.138. The standard InChI is InChI=1S/C29H32F5N5O2S/c1-5-37-11-8-18(9-12-37)10-13-41-24-7-6-19(14-22(24)28(4,30)31)39-26(42)38(25(40)27(39,2)3)20-15-21(29(32,33)34)23(16-35)36-17-20/h6-7,14-15,17-18H,5,8-13H2,1-4H3. The van der Waals surface area contributed by atoms with Gasteiger partial charge in [0.2, 0.25) is 0 Å². The van der Waals surface area contributed by atoms with Crippen molar-refractivity contribution in [2.24, 2.45) is 5.92 Å². The van der Waals surface area contributed by atoms with Gasteiger partial charge in [-0.25, -0.2) is 13.8 Å². The topological polar surface area (TPSA) is 72.7 Å². The number of carbonyl (C=O) groups excluding carboxylic acids is 1. The van der Waals surface area contributed by atoms with Gasteiger partial charge in [-0.15, -0.1) is 0 Å². The van der Waals surface area contributed by atoms with E-state index in [1.54, 1.807) is 0 Å². The first-order valence-electron chi connectivity index (χ1n) is 13.6. The highest BCUT2D eigenvalue weighted by Gasteiger charge is 2.51. The first-order valence-corrected chi connectivity index (χ1v) is 14.0. The maximum atomic E-state index is 14.8. The number of aromatic nitrogens is 1. The SMILES string of the molecule is CCN1CCC(CCOc2ccc(N3C(=S)N(c4cnc(C#N)c(C(F)(F)F)c4)C(=O)C3(C)C)cc2C(C)(F)F)CC1. The molecule has 13 heteroatoms. The Morgan fingerprint density at radius 2 is 1.76 bits per heavy atom. The van der Waals surface area contributed by atoms with Crippen LogP contribution in [0, 0.1) is 17.2 Å². The number of amides is 1. The quantitative estimate of drug-likeness (QED) is 0.250. The van der Waals surface area contributed by atoms with Crippen molar-refractivity contribution in [3.05, 3.63) is 47.3 Å². The fraction of sp³-hybridized carbons (Fsp3) is 0.517. The predicted molar refractivity (Wildman–Crippen MR) is 152 cm³/mol. The van der Waals surface area contributed by atoms with Crippen LogP contribution in [-0.2, 0) is 16.9 Å². The highest BCUT2D eigenvalue weighted by atomic mass is 32.1. The zero-order valence-corrected chi connectivity index (χ0v) is 24.6. The van der Waals surface area contributed by atoms with Gasteiger partial charge in [0.05, 0.1) is 29.6 Å². The summed E-state index contributed by atoms with van der Waals surface area (Å²) in [4.78, 5) is 21.6. The Morgan fingerprint density at radius 3 is 2.33 bits per heavy atom. The van der Waals surface area contributed by atoms with Crippen LogP contribution < -0.4 is 14.5 Å². The second-order valence-corrected chi connectivity index (χ2v) is 11.5. The smallest absolute Gasteiger partial charge is 0.419 e. The molecule has 0 atom stereocenters. The van der Waals surface area contributed by atoms with Crippen molar-refractivity contribution in [1.82, 2.24) is 9.88 Å². The van der Waals surface area contributed by atoms with Crippen LogP contribution in [0.4, 0.5) is 33.3 Å². The summed E-state index contributed by atoms with van der Waals surface area (Å²) in [6.07, 6.45) is -1.17. The number of hydrogen-bond donors (Lipinski definition) is 0. The maximum absolute atomic E-state index is 14.8. The van der Waals surface area contributed by atoms with Gasteiger partial charge in [-0.1, -0.05) is 6.92 Å². The molecule has 2 fully saturated rings. The molecular formula is C29H32F5N5O2S. The van der Waals surface area contributed by atoms with Crippen LogP contribution in [-0.4, -0.2) is 52.7 Å². The number of anilines is 2. The van der Waals surface area contributed by atoms with Crippen molar-refractivity contribution >= 4 is 34.6 Å². The lowest BCUT2D eigenvalue weighted by atomic mass is 9.94.